The molecule has 2 atom stereocenters. The summed E-state index contributed by atoms with van der Waals surface area (Å²) in [6, 6.07) is 19.8. The highest BCUT2D eigenvalue weighted by atomic mass is 32.2. The normalized spacial score (nSPS) is 24.3. The van der Waals surface area contributed by atoms with Crippen LogP contribution in [0.15, 0.2) is 60.7 Å². The zero-order valence-corrected chi connectivity index (χ0v) is 16.9. The van der Waals surface area contributed by atoms with Crippen molar-refractivity contribution in [2.75, 3.05) is 31.6 Å². The molecule has 148 valence electrons. The van der Waals surface area contributed by atoms with Crippen LogP contribution in [0.25, 0.3) is 0 Å². The predicted octanol–water partition coefficient (Wildman–Crippen LogP) is 2.15. The maximum absolute atomic E-state index is 13.3. The molecule has 6 heteroatoms. The second-order valence-corrected chi connectivity index (χ2v) is 10.0. The number of piperazine rings is 1. The van der Waals surface area contributed by atoms with Crippen molar-refractivity contribution in [2.24, 2.45) is 0 Å². The molecule has 0 N–H and O–H groups in total. The first-order valence-electron chi connectivity index (χ1n) is 9.74. The molecule has 2 aliphatic heterocycles. The lowest BCUT2D eigenvalue weighted by Gasteiger charge is -2.42. The van der Waals surface area contributed by atoms with Gasteiger partial charge in [-0.15, -0.1) is 0 Å². The van der Waals surface area contributed by atoms with Crippen molar-refractivity contribution in [3.8, 4) is 0 Å². The number of hydrogen-bond donors (Lipinski definition) is 0. The summed E-state index contributed by atoms with van der Waals surface area (Å²) < 4.78 is 24.4. The van der Waals surface area contributed by atoms with Crippen LogP contribution in [0, 0.1) is 0 Å². The minimum absolute atomic E-state index is 0.0361. The smallest absolute Gasteiger partial charge is 0.223 e. The third kappa shape index (κ3) is 3.84. The largest absolute Gasteiger partial charge is 0.336 e. The van der Waals surface area contributed by atoms with Crippen LogP contribution in [0.5, 0.6) is 0 Å². The molecule has 0 bridgehead atoms. The second-order valence-electron chi connectivity index (χ2n) is 7.86. The monoisotopic (exact) mass is 398 g/mol. The molecule has 2 fully saturated rings. The van der Waals surface area contributed by atoms with Gasteiger partial charge in [-0.1, -0.05) is 60.7 Å². The fourth-order valence-electron chi connectivity index (χ4n) is 4.53. The van der Waals surface area contributed by atoms with E-state index in [0.717, 1.165) is 11.1 Å². The van der Waals surface area contributed by atoms with Crippen molar-refractivity contribution in [3.05, 3.63) is 71.8 Å². The molecule has 2 aromatic rings. The van der Waals surface area contributed by atoms with E-state index >= 15 is 0 Å². The van der Waals surface area contributed by atoms with Gasteiger partial charge >= 0.3 is 0 Å². The SMILES string of the molecule is CN1CCN(C(=O)CC(c2ccccc2)c2ccccc2)[C@H]2CS(=O)(=O)C[C@H]21. The Morgan fingerprint density at radius 1 is 0.929 bits per heavy atom. The molecular formula is C22H26N2O3S. The van der Waals surface area contributed by atoms with Crippen LogP contribution in [-0.2, 0) is 14.6 Å². The lowest BCUT2D eigenvalue weighted by atomic mass is 9.87. The van der Waals surface area contributed by atoms with Crippen molar-refractivity contribution in [2.45, 2.75) is 24.4 Å². The fourth-order valence-corrected chi connectivity index (χ4v) is 6.58. The highest BCUT2D eigenvalue weighted by Crippen LogP contribution is 2.31. The van der Waals surface area contributed by atoms with E-state index in [1.54, 1.807) is 0 Å². The van der Waals surface area contributed by atoms with Gasteiger partial charge in [-0.2, -0.15) is 0 Å². The van der Waals surface area contributed by atoms with E-state index in [4.69, 9.17) is 0 Å². The average Bonchev–Trinajstić information content (AvgIpc) is 3.03. The number of benzene rings is 2. The van der Waals surface area contributed by atoms with Crippen molar-refractivity contribution in [1.82, 2.24) is 9.80 Å². The van der Waals surface area contributed by atoms with E-state index in [9.17, 15) is 13.2 Å². The number of fused-ring (bicyclic) bond motifs is 1. The number of carbonyl (C=O) groups excluding carboxylic acids is 1. The van der Waals surface area contributed by atoms with Crippen molar-refractivity contribution < 1.29 is 13.2 Å². The van der Waals surface area contributed by atoms with Crippen LogP contribution < -0.4 is 0 Å². The number of rotatable bonds is 4. The summed E-state index contributed by atoms with van der Waals surface area (Å²) in [5.41, 5.74) is 2.21. The molecule has 0 unspecified atom stereocenters. The molecule has 1 amide bonds. The highest BCUT2D eigenvalue weighted by molar-refractivity contribution is 7.91. The minimum atomic E-state index is -3.10. The Hall–Kier alpha value is -2.18. The third-order valence-electron chi connectivity index (χ3n) is 6.06. The van der Waals surface area contributed by atoms with Crippen LogP contribution in [0.4, 0.5) is 0 Å². The number of carbonyl (C=O) groups is 1. The first kappa shape index (κ1) is 19.2. The van der Waals surface area contributed by atoms with Crippen molar-refractivity contribution in [1.29, 1.82) is 0 Å². The summed E-state index contributed by atoms with van der Waals surface area (Å²) >= 11 is 0. The van der Waals surface area contributed by atoms with E-state index < -0.39 is 9.84 Å². The maximum Gasteiger partial charge on any atom is 0.223 e. The van der Waals surface area contributed by atoms with Crippen LogP contribution in [0.1, 0.15) is 23.5 Å². The number of likely N-dealkylation sites (N-methyl/N-ethyl adjacent to an activating group) is 1. The Kier molecular flexibility index (Phi) is 5.25. The van der Waals surface area contributed by atoms with Gasteiger partial charge in [0.05, 0.1) is 17.5 Å². The molecule has 28 heavy (non-hydrogen) atoms. The predicted molar refractivity (Wildman–Crippen MR) is 110 cm³/mol. The molecule has 2 heterocycles. The first-order valence-corrected chi connectivity index (χ1v) is 11.6. The lowest BCUT2D eigenvalue weighted by molar-refractivity contribution is -0.136. The Labute approximate surface area is 166 Å². The molecule has 2 aliphatic rings. The van der Waals surface area contributed by atoms with Crippen molar-refractivity contribution >= 4 is 15.7 Å². The quantitative estimate of drug-likeness (QED) is 0.792. The van der Waals surface area contributed by atoms with Gasteiger partial charge in [0.15, 0.2) is 9.84 Å². The molecule has 0 aromatic heterocycles. The van der Waals surface area contributed by atoms with Gasteiger partial charge in [0.2, 0.25) is 5.91 Å². The molecule has 0 saturated carbocycles. The van der Waals surface area contributed by atoms with Gasteiger partial charge in [-0.05, 0) is 18.2 Å². The lowest BCUT2D eigenvalue weighted by Crippen LogP contribution is -2.59. The summed E-state index contributed by atoms with van der Waals surface area (Å²) in [4.78, 5) is 17.2. The Bertz CT molecular complexity index is 891. The summed E-state index contributed by atoms with van der Waals surface area (Å²) in [5, 5.41) is 0. The highest BCUT2D eigenvalue weighted by Gasteiger charge is 2.47. The summed E-state index contributed by atoms with van der Waals surface area (Å²) in [6.07, 6.45) is 0.348. The van der Waals surface area contributed by atoms with E-state index in [1.165, 1.54) is 0 Å². The average molecular weight is 399 g/mol. The topological polar surface area (TPSA) is 57.7 Å². The maximum atomic E-state index is 13.3. The van der Waals surface area contributed by atoms with E-state index in [0.29, 0.717) is 19.5 Å². The zero-order chi connectivity index (χ0) is 19.7. The number of nitrogens with zero attached hydrogens (tertiary/aromatic N) is 2. The van der Waals surface area contributed by atoms with Gasteiger partial charge in [-0.25, -0.2) is 8.42 Å². The molecule has 0 radical (unpaired) electrons. The van der Waals surface area contributed by atoms with E-state index in [-0.39, 0.29) is 35.4 Å². The van der Waals surface area contributed by atoms with E-state index in [2.05, 4.69) is 29.2 Å². The zero-order valence-electron chi connectivity index (χ0n) is 16.1. The molecule has 2 saturated heterocycles. The van der Waals surface area contributed by atoms with Gasteiger partial charge in [0.1, 0.15) is 0 Å². The number of amides is 1. The third-order valence-corrected chi connectivity index (χ3v) is 7.76. The Morgan fingerprint density at radius 3 is 2.04 bits per heavy atom. The minimum Gasteiger partial charge on any atom is -0.336 e. The molecule has 4 rings (SSSR count). The number of sulfone groups is 1. The van der Waals surface area contributed by atoms with Gasteiger partial charge in [-0.3, -0.25) is 9.69 Å². The fraction of sp³-hybridized carbons (Fsp3) is 0.409. The number of hydrogen-bond acceptors (Lipinski definition) is 4. The standard InChI is InChI=1S/C22H26N2O3S/c1-23-12-13-24(21-16-28(26,27)15-20(21)23)22(25)14-19(17-8-4-2-5-9-17)18-10-6-3-7-11-18/h2-11,19-21H,12-16H2,1H3/t20-,21+/m1/s1. The first-order chi connectivity index (χ1) is 13.4. The Balaban J connectivity index is 1.60. The van der Waals surface area contributed by atoms with Crippen LogP contribution in [0.3, 0.4) is 0 Å². The Morgan fingerprint density at radius 2 is 1.46 bits per heavy atom. The van der Waals surface area contributed by atoms with Crippen LogP contribution >= 0.6 is 0 Å². The molecular weight excluding hydrogens is 372 g/mol. The molecule has 0 aliphatic carbocycles. The van der Waals surface area contributed by atoms with Gasteiger partial charge in [0.25, 0.3) is 0 Å². The van der Waals surface area contributed by atoms with E-state index in [1.807, 2.05) is 48.3 Å². The second kappa shape index (κ2) is 7.68. The van der Waals surface area contributed by atoms with Gasteiger partial charge < -0.3 is 4.90 Å². The molecule has 2 aromatic carbocycles. The summed E-state index contributed by atoms with van der Waals surface area (Å²) in [6.45, 7) is 1.30. The summed E-state index contributed by atoms with van der Waals surface area (Å²) in [7, 11) is -1.14. The van der Waals surface area contributed by atoms with Crippen molar-refractivity contribution in [3.63, 3.8) is 0 Å². The van der Waals surface area contributed by atoms with Crippen LogP contribution in [-0.4, -0.2) is 67.9 Å². The molecule has 5 nitrogen and oxygen atoms in total. The van der Waals surface area contributed by atoms with Gasteiger partial charge in [0, 0.05) is 31.5 Å². The molecule has 0 spiro atoms. The summed E-state index contributed by atoms with van der Waals surface area (Å²) in [5.74, 6) is 0.234. The van der Waals surface area contributed by atoms with Crippen LogP contribution in [0.2, 0.25) is 0 Å².